The summed E-state index contributed by atoms with van der Waals surface area (Å²) in [6.45, 7) is 7.19. The average molecular weight is 345 g/mol. The lowest BCUT2D eigenvalue weighted by Crippen LogP contribution is -2.58. The van der Waals surface area contributed by atoms with Crippen LogP contribution in [-0.2, 0) is 9.53 Å². The molecule has 1 aliphatic heterocycles. The second kappa shape index (κ2) is 5.80. The van der Waals surface area contributed by atoms with E-state index in [4.69, 9.17) is 4.74 Å². The smallest absolute Gasteiger partial charge is 0.219 e. The molecule has 3 nitrogen and oxygen atoms in total. The number of halogens is 1. The normalized spacial score (nSPS) is 38.4. The maximum atomic E-state index is 13.8. The number of nitrogens with one attached hydrogen (secondary N) is 1. The van der Waals surface area contributed by atoms with Gasteiger partial charge in [-0.05, 0) is 59.6 Å². The molecule has 2 saturated carbocycles. The van der Waals surface area contributed by atoms with Crippen molar-refractivity contribution < 1.29 is 13.9 Å². The molecule has 1 saturated heterocycles. The lowest BCUT2D eigenvalue weighted by Gasteiger charge is -2.53. The first-order valence-electron chi connectivity index (χ1n) is 9.55. The second-order valence-electron chi connectivity index (χ2n) is 8.75. The van der Waals surface area contributed by atoms with Crippen LogP contribution in [0, 0.1) is 28.5 Å². The molecule has 0 aromatic heterocycles. The van der Waals surface area contributed by atoms with Crippen LogP contribution in [0.3, 0.4) is 0 Å². The van der Waals surface area contributed by atoms with Crippen molar-refractivity contribution >= 4 is 5.91 Å². The highest BCUT2D eigenvalue weighted by molar-refractivity contribution is 5.76. The third-order valence-corrected chi connectivity index (χ3v) is 7.31. The number of benzene rings is 1. The Bertz CT molecular complexity index is 688. The molecule has 2 aliphatic carbocycles. The number of rotatable bonds is 3. The number of carbonyl (C=O) groups is 1. The van der Waals surface area contributed by atoms with Crippen LogP contribution in [0.4, 0.5) is 4.39 Å². The summed E-state index contributed by atoms with van der Waals surface area (Å²) in [6.07, 6.45) is 3.69. The maximum Gasteiger partial charge on any atom is 0.219 e. The van der Waals surface area contributed by atoms with E-state index < -0.39 is 0 Å². The number of hydrogen-bond acceptors (Lipinski definition) is 2. The number of amides is 1. The summed E-state index contributed by atoms with van der Waals surface area (Å²) in [7, 11) is 0. The summed E-state index contributed by atoms with van der Waals surface area (Å²) in [5, 5.41) is 3.36. The van der Waals surface area contributed by atoms with Crippen molar-refractivity contribution in [1.82, 2.24) is 5.32 Å². The van der Waals surface area contributed by atoms with E-state index in [1.807, 2.05) is 13.0 Å². The standard InChI is InChI=1S/C21H28FNO2/c1-4-17(24)23-19-20(2,3)14-11-16-18(13-6-5-7-15(22)10-13)25-9-8-21(16,19)12-14/h5-7,10,14,16,18-19H,4,8-9,11-12H2,1-3H3,(H,23,24)/t14-,16-,18-,19+,21-/m1/s1. The van der Waals surface area contributed by atoms with Gasteiger partial charge in [-0.3, -0.25) is 4.79 Å². The third-order valence-electron chi connectivity index (χ3n) is 7.31. The van der Waals surface area contributed by atoms with E-state index >= 15 is 0 Å². The van der Waals surface area contributed by atoms with Crippen LogP contribution < -0.4 is 5.32 Å². The van der Waals surface area contributed by atoms with Crippen LogP contribution in [0.1, 0.15) is 58.1 Å². The molecule has 3 fully saturated rings. The Labute approximate surface area is 149 Å². The van der Waals surface area contributed by atoms with Crippen LogP contribution in [0.2, 0.25) is 0 Å². The highest BCUT2D eigenvalue weighted by Gasteiger charge is 2.68. The topological polar surface area (TPSA) is 38.3 Å². The summed E-state index contributed by atoms with van der Waals surface area (Å²) >= 11 is 0. The van der Waals surface area contributed by atoms with Gasteiger partial charge in [-0.25, -0.2) is 4.39 Å². The Morgan fingerprint density at radius 1 is 1.40 bits per heavy atom. The molecule has 4 heteroatoms. The molecule has 136 valence electrons. The molecular weight excluding hydrogens is 317 g/mol. The van der Waals surface area contributed by atoms with Crippen molar-refractivity contribution in [3.8, 4) is 0 Å². The van der Waals surface area contributed by atoms with E-state index in [0.717, 1.165) is 24.8 Å². The molecule has 2 bridgehead atoms. The van der Waals surface area contributed by atoms with Gasteiger partial charge in [0.25, 0.3) is 0 Å². The van der Waals surface area contributed by atoms with Crippen molar-refractivity contribution in [3.05, 3.63) is 35.6 Å². The van der Waals surface area contributed by atoms with E-state index in [9.17, 15) is 9.18 Å². The van der Waals surface area contributed by atoms with Gasteiger partial charge in [0, 0.05) is 19.1 Å². The molecule has 1 amide bonds. The minimum Gasteiger partial charge on any atom is -0.373 e. The van der Waals surface area contributed by atoms with Gasteiger partial charge < -0.3 is 10.1 Å². The first-order valence-corrected chi connectivity index (χ1v) is 9.55. The predicted molar refractivity (Wildman–Crippen MR) is 94.4 cm³/mol. The maximum absolute atomic E-state index is 13.8. The summed E-state index contributed by atoms with van der Waals surface area (Å²) in [4.78, 5) is 12.2. The highest BCUT2D eigenvalue weighted by atomic mass is 19.1. The Hall–Kier alpha value is -1.42. The summed E-state index contributed by atoms with van der Waals surface area (Å²) in [5.74, 6) is 0.855. The third kappa shape index (κ3) is 2.44. The van der Waals surface area contributed by atoms with E-state index in [-0.39, 0.29) is 34.7 Å². The van der Waals surface area contributed by atoms with Gasteiger partial charge in [-0.1, -0.05) is 32.9 Å². The largest absolute Gasteiger partial charge is 0.373 e. The Balaban J connectivity index is 1.70. The monoisotopic (exact) mass is 345 g/mol. The SMILES string of the molecule is CCC(=O)N[C@H]1C(C)(C)[C@@H]2C[C@@H]3[C@@H](c4cccc(F)c4)OCC[C@@]31C2. The molecule has 1 aromatic rings. The minimum absolute atomic E-state index is 0.0634. The second-order valence-corrected chi connectivity index (χ2v) is 8.75. The average Bonchev–Trinajstić information content (AvgIpc) is 3.07. The number of hydrogen-bond donors (Lipinski definition) is 1. The number of ether oxygens (including phenoxy) is 1. The molecule has 25 heavy (non-hydrogen) atoms. The van der Waals surface area contributed by atoms with Crippen molar-refractivity contribution in [2.45, 2.75) is 58.6 Å². The van der Waals surface area contributed by atoms with Crippen molar-refractivity contribution in [1.29, 1.82) is 0 Å². The number of fused-ring (bicyclic) bond motifs is 1. The molecule has 5 atom stereocenters. The predicted octanol–water partition coefficient (Wildman–Crippen LogP) is 4.23. The van der Waals surface area contributed by atoms with Gasteiger partial charge in [0.2, 0.25) is 5.91 Å². The molecule has 1 spiro atoms. The van der Waals surface area contributed by atoms with Gasteiger partial charge in [-0.15, -0.1) is 0 Å². The van der Waals surface area contributed by atoms with Crippen molar-refractivity contribution in [2.24, 2.45) is 22.7 Å². The Morgan fingerprint density at radius 2 is 2.20 bits per heavy atom. The van der Waals surface area contributed by atoms with Crippen LogP contribution >= 0.6 is 0 Å². The molecule has 3 aliphatic rings. The molecule has 1 aromatic carbocycles. The van der Waals surface area contributed by atoms with Crippen LogP contribution in [0.5, 0.6) is 0 Å². The van der Waals surface area contributed by atoms with Crippen molar-refractivity contribution in [3.63, 3.8) is 0 Å². The zero-order chi connectivity index (χ0) is 17.8. The fourth-order valence-electron chi connectivity index (χ4n) is 6.06. The summed E-state index contributed by atoms with van der Waals surface area (Å²) in [5.41, 5.74) is 1.12. The van der Waals surface area contributed by atoms with E-state index in [1.165, 1.54) is 6.07 Å². The minimum atomic E-state index is -0.208. The first kappa shape index (κ1) is 17.0. The molecule has 0 unspecified atom stereocenters. The first-order chi connectivity index (χ1) is 11.9. The summed E-state index contributed by atoms with van der Waals surface area (Å²) < 4.78 is 19.9. The van der Waals surface area contributed by atoms with Gasteiger partial charge >= 0.3 is 0 Å². The number of carbonyl (C=O) groups excluding carboxylic acids is 1. The lowest BCUT2D eigenvalue weighted by atomic mass is 9.59. The Morgan fingerprint density at radius 3 is 2.92 bits per heavy atom. The van der Waals surface area contributed by atoms with Gasteiger partial charge in [0.1, 0.15) is 5.82 Å². The van der Waals surface area contributed by atoms with Crippen molar-refractivity contribution in [2.75, 3.05) is 6.61 Å². The van der Waals surface area contributed by atoms with Gasteiger partial charge in [0.05, 0.1) is 6.10 Å². The Kier molecular flexibility index (Phi) is 3.95. The fraction of sp³-hybridized carbons (Fsp3) is 0.667. The zero-order valence-electron chi connectivity index (χ0n) is 15.3. The van der Waals surface area contributed by atoms with Gasteiger partial charge in [0.15, 0.2) is 0 Å². The summed E-state index contributed by atoms with van der Waals surface area (Å²) in [6, 6.07) is 7.01. The van der Waals surface area contributed by atoms with Crippen LogP contribution in [0.15, 0.2) is 24.3 Å². The zero-order valence-corrected chi connectivity index (χ0v) is 15.3. The molecule has 4 rings (SSSR count). The van der Waals surface area contributed by atoms with E-state index in [1.54, 1.807) is 12.1 Å². The molecule has 0 radical (unpaired) electrons. The molecular formula is C21H28FNO2. The van der Waals surface area contributed by atoms with Gasteiger partial charge in [-0.2, -0.15) is 0 Å². The quantitative estimate of drug-likeness (QED) is 0.890. The van der Waals surface area contributed by atoms with E-state index in [0.29, 0.717) is 24.9 Å². The molecule has 1 N–H and O–H groups in total. The highest BCUT2D eigenvalue weighted by Crippen LogP contribution is 2.70. The van der Waals surface area contributed by atoms with Crippen LogP contribution in [0.25, 0.3) is 0 Å². The molecule has 1 heterocycles. The fourth-order valence-corrected chi connectivity index (χ4v) is 6.06. The van der Waals surface area contributed by atoms with E-state index in [2.05, 4.69) is 19.2 Å². The lowest BCUT2D eigenvalue weighted by molar-refractivity contribution is -0.137. The van der Waals surface area contributed by atoms with Crippen LogP contribution in [-0.4, -0.2) is 18.6 Å².